The molecule has 0 aliphatic heterocycles. The number of benzene rings is 2. The van der Waals surface area contributed by atoms with Crippen LogP contribution in [0.25, 0.3) is 5.69 Å². The Balaban J connectivity index is 1.53. The Kier molecular flexibility index (Phi) is 5.36. The smallest absolute Gasteiger partial charge is 0.191 e. The summed E-state index contributed by atoms with van der Waals surface area (Å²) in [5.41, 5.74) is 2.64. The van der Waals surface area contributed by atoms with Gasteiger partial charge in [0.25, 0.3) is 0 Å². The van der Waals surface area contributed by atoms with Crippen molar-refractivity contribution in [3.63, 3.8) is 0 Å². The minimum atomic E-state index is -0.228. The van der Waals surface area contributed by atoms with Gasteiger partial charge < -0.3 is 10.6 Å². The van der Waals surface area contributed by atoms with Gasteiger partial charge in [0.1, 0.15) is 18.5 Å². The molecule has 0 unspecified atom stereocenters. The van der Waals surface area contributed by atoms with Gasteiger partial charge in [0.05, 0.1) is 5.69 Å². The molecular formula is C18H19FN6. The van der Waals surface area contributed by atoms with Crippen molar-refractivity contribution in [1.82, 2.24) is 25.4 Å². The number of nitrogens with one attached hydrogen (secondary N) is 2. The molecule has 0 saturated heterocycles. The van der Waals surface area contributed by atoms with Crippen molar-refractivity contribution in [2.24, 2.45) is 4.99 Å². The predicted octanol–water partition coefficient (Wildman–Crippen LogP) is 2.27. The Morgan fingerprint density at radius 2 is 1.84 bits per heavy atom. The number of halogens is 1. The first kappa shape index (κ1) is 16.6. The fourth-order valence-electron chi connectivity index (χ4n) is 2.34. The Morgan fingerprint density at radius 3 is 2.52 bits per heavy atom. The van der Waals surface area contributed by atoms with Gasteiger partial charge in [0.15, 0.2) is 5.96 Å². The average Bonchev–Trinajstić information content (AvgIpc) is 3.18. The summed E-state index contributed by atoms with van der Waals surface area (Å²) in [6.45, 7) is 0.978. The molecule has 0 bridgehead atoms. The summed E-state index contributed by atoms with van der Waals surface area (Å²) < 4.78 is 15.3. The molecular weight excluding hydrogens is 319 g/mol. The van der Waals surface area contributed by atoms with Gasteiger partial charge in [0, 0.05) is 25.7 Å². The first-order valence-corrected chi connectivity index (χ1v) is 7.88. The van der Waals surface area contributed by atoms with E-state index in [1.165, 1.54) is 12.4 Å². The number of rotatable bonds is 5. The van der Waals surface area contributed by atoms with Crippen molar-refractivity contribution in [3.05, 3.63) is 78.1 Å². The van der Waals surface area contributed by atoms with Crippen LogP contribution >= 0.6 is 0 Å². The van der Waals surface area contributed by atoms with Crippen molar-refractivity contribution in [1.29, 1.82) is 0 Å². The third kappa shape index (κ3) is 4.41. The van der Waals surface area contributed by atoms with Crippen LogP contribution in [0.3, 0.4) is 0 Å². The molecule has 0 atom stereocenters. The van der Waals surface area contributed by atoms with Gasteiger partial charge in [-0.05, 0) is 23.8 Å². The van der Waals surface area contributed by atoms with Crippen molar-refractivity contribution in [2.75, 3.05) is 7.05 Å². The lowest BCUT2D eigenvalue weighted by Gasteiger charge is -2.12. The van der Waals surface area contributed by atoms with E-state index < -0.39 is 0 Å². The number of aliphatic imine (C=N–C) groups is 1. The molecule has 0 saturated carbocycles. The summed E-state index contributed by atoms with van der Waals surface area (Å²) in [6, 6.07) is 14.6. The monoisotopic (exact) mass is 338 g/mol. The lowest BCUT2D eigenvalue weighted by atomic mass is 10.2. The Hall–Kier alpha value is -3.22. The van der Waals surface area contributed by atoms with Crippen molar-refractivity contribution >= 4 is 5.96 Å². The van der Waals surface area contributed by atoms with Crippen molar-refractivity contribution < 1.29 is 4.39 Å². The quantitative estimate of drug-likeness (QED) is 0.553. The molecule has 0 aliphatic carbocycles. The van der Waals surface area contributed by atoms with Crippen LogP contribution in [0, 0.1) is 5.82 Å². The van der Waals surface area contributed by atoms with Crippen LogP contribution in [-0.4, -0.2) is 27.8 Å². The highest BCUT2D eigenvalue weighted by Gasteiger charge is 2.03. The van der Waals surface area contributed by atoms with Crippen LogP contribution in [0.15, 0.2) is 66.2 Å². The third-order valence-electron chi connectivity index (χ3n) is 3.71. The van der Waals surface area contributed by atoms with Gasteiger partial charge in [-0.3, -0.25) is 4.99 Å². The standard InChI is InChI=1S/C18H19FN6/c1-20-18(23-11-15-4-2-3-5-17(15)19)22-10-14-6-8-16(9-7-14)25-13-21-12-24-25/h2-9,12-13H,10-11H2,1H3,(H2,20,22,23). The largest absolute Gasteiger partial charge is 0.352 e. The molecule has 3 rings (SSSR count). The number of hydrogen-bond donors (Lipinski definition) is 2. The second-order valence-corrected chi connectivity index (χ2v) is 5.38. The van der Waals surface area contributed by atoms with Crippen LogP contribution in [0.5, 0.6) is 0 Å². The van der Waals surface area contributed by atoms with E-state index in [1.54, 1.807) is 30.2 Å². The van der Waals surface area contributed by atoms with Crippen LogP contribution in [0.4, 0.5) is 4.39 Å². The van der Waals surface area contributed by atoms with Crippen LogP contribution in [-0.2, 0) is 13.1 Å². The minimum Gasteiger partial charge on any atom is -0.352 e. The number of hydrogen-bond acceptors (Lipinski definition) is 3. The second-order valence-electron chi connectivity index (χ2n) is 5.38. The number of aromatic nitrogens is 3. The van der Waals surface area contributed by atoms with E-state index in [1.807, 2.05) is 30.3 Å². The minimum absolute atomic E-state index is 0.228. The van der Waals surface area contributed by atoms with Gasteiger partial charge in [-0.1, -0.05) is 30.3 Å². The number of guanidine groups is 1. The third-order valence-corrected chi connectivity index (χ3v) is 3.71. The van der Waals surface area contributed by atoms with Gasteiger partial charge in [-0.25, -0.2) is 14.1 Å². The molecule has 3 aromatic rings. The highest BCUT2D eigenvalue weighted by molar-refractivity contribution is 5.79. The van der Waals surface area contributed by atoms with Crippen molar-refractivity contribution in [2.45, 2.75) is 13.1 Å². The van der Waals surface area contributed by atoms with Gasteiger partial charge >= 0.3 is 0 Å². The molecule has 0 spiro atoms. The maximum absolute atomic E-state index is 13.6. The summed E-state index contributed by atoms with van der Waals surface area (Å²) in [5, 5.41) is 10.4. The lowest BCUT2D eigenvalue weighted by Crippen LogP contribution is -2.36. The highest BCUT2D eigenvalue weighted by atomic mass is 19.1. The molecule has 25 heavy (non-hydrogen) atoms. The van der Waals surface area contributed by atoms with Crippen LogP contribution in [0.1, 0.15) is 11.1 Å². The summed E-state index contributed by atoms with van der Waals surface area (Å²) >= 11 is 0. The topological polar surface area (TPSA) is 67.1 Å². The maximum atomic E-state index is 13.6. The van der Waals surface area contributed by atoms with Crippen LogP contribution in [0.2, 0.25) is 0 Å². The van der Waals surface area contributed by atoms with E-state index in [2.05, 4.69) is 25.7 Å². The Morgan fingerprint density at radius 1 is 1.08 bits per heavy atom. The van der Waals surface area contributed by atoms with Gasteiger partial charge in [-0.2, -0.15) is 5.10 Å². The molecule has 0 amide bonds. The Bertz CT molecular complexity index is 827. The first-order valence-electron chi connectivity index (χ1n) is 7.88. The van der Waals surface area contributed by atoms with Gasteiger partial charge in [0.2, 0.25) is 0 Å². The van der Waals surface area contributed by atoms with Gasteiger partial charge in [-0.15, -0.1) is 0 Å². The zero-order valence-electron chi connectivity index (χ0n) is 13.9. The molecule has 0 radical (unpaired) electrons. The van der Waals surface area contributed by atoms with E-state index in [0.717, 1.165) is 11.3 Å². The molecule has 0 aliphatic rings. The van der Waals surface area contributed by atoms with Crippen LogP contribution < -0.4 is 10.6 Å². The summed E-state index contributed by atoms with van der Waals surface area (Å²) in [7, 11) is 1.69. The predicted molar refractivity (Wildman–Crippen MR) is 94.8 cm³/mol. The van der Waals surface area contributed by atoms with Crippen molar-refractivity contribution in [3.8, 4) is 5.69 Å². The van der Waals surface area contributed by atoms with E-state index in [4.69, 9.17) is 0 Å². The number of nitrogens with zero attached hydrogens (tertiary/aromatic N) is 4. The van der Waals surface area contributed by atoms with E-state index in [-0.39, 0.29) is 5.82 Å². The molecule has 2 aromatic carbocycles. The zero-order chi connectivity index (χ0) is 17.5. The molecule has 1 heterocycles. The molecule has 7 heteroatoms. The fourth-order valence-corrected chi connectivity index (χ4v) is 2.34. The van der Waals surface area contributed by atoms with E-state index in [0.29, 0.717) is 24.6 Å². The normalized spacial score (nSPS) is 11.4. The summed E-state index contributed by atoms with van der Waals surface area (Å²) in [5.74, 6) is 0.387. The molecule has 0 fully saturated rings. The SMILES string of the molecule is CN=C(NCc1ccc(-n2cncn2)cc1)NCc1ccccc1F. The van der Waals surface area contributed by atoms with E-state index >= 15 is 0 Å². The first-order chi connectivity index (χ1) is 12.3. The second kappa shape index (κ2) is 8.05. The van der Waals surface area contributed by atoms with E-state index in [9.17, 15) is 4.39 Å². The Labute approximate surface area is 145 Å². The molecule has 128 valence electrons. The highest BCUT2D eigenvalue weighted by Crippen LogP contribution is 2.08. The summed E-state index contributed by atoms with van der Waals surface area (Å²) in [6.07, 6.45) is 3.16. The fraction of sp³-hybridized carbons (Fsp3) is 0.167. The summed E-state index contributed by atoms with van der Waals surface area (Å²) in [4.78, 5) is 8.09. The lowest BCUT2D eigenvalue weighted by molar-refractivity contribution is 0.604. The molecule has 1 aromatic heterocycles. The maximum Gasteiger partial charge on any atom is 0.191 e. The molecule has 2 N–H and O–H groups in total. The molecule has 6 nitrogen and oxygen atoms in total. The zero-order valence-corrected chi connectivity index (χ0v) is 13.9. The average molecular weight is 338 g/mol.